The van der Waals surface area contributed by atoms with Crippen molar-refractivity contribution >= 4 is 15.7 Å². The third-order valence-corrected chi connectivity index (χ3v) is 6.44. The maximum atomic E-state index is 12.8. The van der Waals surface area contributed by atoms with Crippen LogP contribution >= 0.6 is 0 Å². The number of hydrogen-bond donors (Lipinski definition) is 1. The zero-order valence-electron chi connectivity index (χ0n) is 15.3. The van der Waals surface area contributed by atoms with E-state index in [0.29, 0.717) is 0 Å². The smallest absolute Gasteiger partial charge is 0.293 e. The molecule has 3 rings (SSSR count). The van der Waals surface area contributed by atoms with Gasteiger partial charge in [0, 0.05) is 6.04 Å². The van der Waals surface area contributed by atoms with Crippen LogP contribution in [0, 0.1) is 10.1 Å². The molecule has 0 aromatic heterocycles. The average Bonchev–Trinajstić information content (AvgIpc) is 2.66. The highest BCUT2D eigenvalue weighted by atomic mass is 32.2. The average molecular weight is 390 g/mol. The Hall–Kier alpha value is -2.45. The van der Waals surface area contributed by atoms with E-state index in [2.05, 4.69) is 4.72 Å². The molecule has 0 saturated carbocycles. The van der Waals surface area contributed by atoms with Crippen LogP contribution in [0.25, 0.3) is 0 Å². The van der Waals surface area contributed by atoms with Gasteiger partial charge in [-0.05, 0) is 61.4 Å². The summed E-state index contributed by atoms with van der Waals surface area (Å²) in [6.45, 7) is 1.73. The predicted molar refractivity (Wildman–Crippen MR) is 101 cm³/mol. The molecule has 0 amide bonds. The lowest BCUT2D eigenvalue weighted by Crippen LogP contribution is -2.27. The van der Waals surface area contributed by atoms with Crippen molar-refractivity contribution in [3.05, 3.63) is 63.2 Å². The van der Waals surface area contributed by atoms with Gasteiger partial charge in [-0.25, -0.2) is 13.1 Å². The summed E-state index contributed by atoms with van der Waals surface area (Å²) < 4.78 is 33.1. The monoisotopic (exact) mass is 390 g/mol. The normalized spacial score (nSPS) is 15.0. The van der Waals surface area contributed by atoms with Gasteiger partial charge in [0.05, 0.1) is 18.1 Å². The molecule has 1 aliphatic carbocycles. The number of aryl methyl sites for hydroxylation is 2. The molecule has 2 aromatic rings. The molecule has 0 spiro atoms. The van der Waals surface area contributed by atoms with Crippen LogP contribution in [0.15, 0.2) is 41.3 Å². The van der Waals surface area contributed by atoms with Gasteiger partial charge >= 0.3 is 0 Å². The Kier molecular flexibility index (Phi) is 5.48. The number of nitrogens with one attached hydrogen (secondary N) is 1. The molecular formula is C19H22N2O5S. The summed E-state index contributed by atoms with van der Waals surface area (Å²) in [7, 11) is -2.71. The van der Waals surface area contributed by atoms with Crippen LogP contribution in [0.4, 0.5) is 5.69 Å². The fraction of sp³-hybridized carbons (Fsp3) is 0.368. The second kappa shape index (κ2) is 7.66. The van der Waals surface area contributed by atoms with Gasteiger partial charge in [-0.15, -0.1) is 0 Å². The topological polar surface area (TPSA) is 98.5 Å². The van der Waals surface area contributed by atoms with Crippen molar-refractivity contribution in [2.24, 2.45) is 0 Å². The molecule has 1 atom stereocenters. The molecule has 8 heteroatoms. The fourth-order valence-corrected chi connectivity index (χ4v) is 4.77. The van der Waals surface area contributed by atoms with Crippen LogP contribution in [0.1, 0.15) is 42.5 Å². The summed E-state index contributed by atoms with van der Waals surface area (Å²) in [6.07, 6.45) is 4.35. The molecule has 1 N–H and O–H groups in total. The van der Waals surface area contributed by atoms with E-state index in [1.807, 2.05) is 18.2 Å². The Morgan fingerprint density at radius 2 is 1.81 bits per heavy atom. The van der Waals surface area contributed by atoms with Crippen LogP contribution in [0.5, 0.6) is 5.75 Å². The Bertz CT molecular complexity index is 972. The Morgan fingerprint density at radius 3 is 2.48 bits per heavy atom. The van der Waals surface area contributed by atoms with Crippen molar-refractivity contribution in [2.45, 2.75) is 43.5 Å². The van der Waals surface area contributed by atoms with Crippen molar-refractivity contribution in [3.63, 3.8) is 0 Å². The summed E-state index contributed by atoms with van der Waals surface area (Å²) in [6, 6.07) is 9.18. The first-order chi connectivity index (χ1) is 12.8. The quantitative estimate of drug-likeness (QED) is 0.601. The van der Waals surface area contributed by atoms with E-state index in [9.17, 15) is 18.5 Å². The van der Waals surface area contributed by atoms with Crippen LogP contribution in [0.3, 0.4) is 0 Å². The van der Waals surface area contributed by atoms with E-state index < -0.39 is 26.7 Å². The zero-order valence-corrected chi connectivity index (χ0v) is 16.1. The minimum absolute atomic E-state index is 0.225. The molecule has 2 aromatic carbocycles. The first-order valence-corrected chi connectivity index (χ1v) is 10.3. The van der Waals surface area contributed by atoms with Crippen molar-refractivity contribution in [3.8, 4) is 5.75 Å². The van der Waals surface area contributed by atoms with E-state index in [-0.39, 0.29) is 10.6 Å². The molecule has 0 aliphatic heterocycles. The molecule has 27 heavy (non-hydrogen) atoms. The van der Waals surface area contributed by atoms with E-state index in [1.54, 1.807) is 6.92 Å². The van der Waals surface area contributed by atoms with Crippen molar-refractivity contribution < 1.29 is 18.1 Å². The summed E-state index contributed by atoms with van der Waals surface area (Å²) >= 11 is 0. The number of sulfonamides is 1. The number of nitrogens with zero attached hydrogens (tertiary/aromatic N) is 1. The van der Waals surface area contributed by atoms with E-state index in [0.717, 1.165) is 30.9 Å². The van der Waals surface area contributed by atoms with Gasteiger partial charge in [-0.2, -0.15) is 0 Å². The molecule has 0 heterocycles. The number of fused-ring (bicyclic) bond motifs is 1. The van der Waals surface area contributed by atoms with Crippen LogP contribution in [0.2, 0.25) is 0 Å². The van der Waals surface area contributed by atoms with Gasteiger partial charge in [-0.3, -0.25) is 10.1 Å². The van der Waals surface area contributed by atoms with Gasteiger partial charge in [0.1, 0.15) is 5.75 Å². The third-order valence-electron chi connectivity index (χ3n) is 4.86. The summed E-state index contributed by atoms with van der Waals surface area (Å²) in [5.41, 5.74) is 2.89. The highest BCUT2D eigenvalue weighted by Crippen LogP contribution is 2.30. The number of ether oxygens (including phenoxy) is 1. The Balaban J connectivity index is 1.89. The number of methoxy groups -OCH3 is 1. The minimum atomic E-state index is -4.08. The van der Waals surface area contributed by atoms with Crippen molar-refractivity contribution in [1.29, 1.82) is 0 Å². The molecular weight excluding hydrogens is 368 g/mol. The van der Waals surface area contributed by atoms with Gasteiger partial charge in [0.2, 0.25) is 10.0 Å². The molecule has 0 saturated heterocycles. The molecule has 0 radical (unpaired) electrons. The van der Waals surface area contributed by atoms with E-state index in [1.165, 1.54) is 36.8 Å². The van der Waals surface area contributed by atoms with Crippen LogP contribution in [-0.2, 0) is 22.9 Å². The molecule has 7 nitrogen and oxygen atoms in total. The SMILES string of the molecule is COc1ccc(S(=O)(=O)NC(C)c2ccc3c(c2)CCCC3)c([N+](=O)[O-])c1. The number of rotatable bonds is 6. The molecule has 1 aliphatic rings. The maximum Gasteiger partial charge on any atom is 0.293 e. The Labute approximate surface area is 158 Å². The third kappa shape index (κ3) is 4.12. The molecule has 0 bridgehead atoms. The summed E-state index contributed by atoms with van der Waals surface area (Å²) in [4.78, 5) is 10.2. The lowest BCUT2D eigenvalue weighted by Gasteiger charge is -2.20. The van der Waals surface area contributed by atoms with Crippen molar-refractivity contribution in [1.82, 2.24) is 4.72 Å². The van der Waals surface area contributed by atoms with Gasteiger partial charge < -0.3 is 4.74 Å². The second-order valence-corrected chi connectivity index (χ2v) is 8.35. The van der Waals surface area contributed by atoms with Crippen LogP contribution < -0.4 is 9.46 Å². The van der Waals surface area contributed by atoms with Crippen LogP contribution in [-0.4, -0.2) is 20.5 Å². The number of hydrogen-bond acceptors (Lipinski definition) is 5. The van der Waals surface area contributed by atoms with Gasteiger partial charge in [-0.1, -0.05) is 18.2 Å². The highest BCUT2D eigenvalue weighted by molar-refractivity contribution is 7.89. The van der Waals surface area contributed by atoms with Gasteiger partial charge in [0.15, 0.2) is 4.90 Å². The Morgan fingerprint density at radius 1 is 1.11 bits per heavy atom. The van der Waals surface area contributed by atoms with Crippen molar-refractivity contribution in [2.75, 3.05) is 7.11 Å². The number of nitro benzene ring substituents is 1. The summed E-state index contributed by atoms with van der Waals surface area (Å²) in [5, 5.41) is 11.3. The maximum absolute atomic E-state index is 12.8. The minimum Gasteiger partial charge on any atom is -0.497 e. The highest BCUT2D eigenvalue weighted by Gasteiger charge is 2.28. The molecule has 144 valence electrons. The predicted octanol–water partition coefficient (Wildman–Crippen LogP) is 3.52. The largest absolute Gasteiger partial charge is 0.497 e. The summed E-state index contributed by atoms with van der Waals surface area (Å²) in [5.74, 6) is 0.225. The molecule has 1 unspecified atom stereocenters. The number of benzene rings is 2. The van der Waals surface area contributed by atoms with Gasteiger partial charge in [0.25, 0.3) is 5.69 Å². The lowest BCUT2D eigenvalue weighted by atomic mass is 9.89. The molecule has 0 fully saturated rings. The standard InChI is InChI=1S/C19H22N2O5S/c1-13(15-8-7-14-5-3-4-6-16(14)11-15)20-27(24,25)19-10-9-17(26-2)12-18(19)21(22)23/h7-13,20H,3-6H2,1-2H3. The first kappa shape index (κ1) is 19.3. The fourth-order valence-electron chi connectivity index (χ4n) is 3.38. The lowest BCUT2D eigenvalue weighted by molar-refractivity contribution is -0.387. The number of nitro groups is 1. The first-order valence-electron chi connectivity index (χ1n) is 8.78. The van der Waals surface area contributed by atoms with E-state index in [4.69, 9.17) is 4.74 Å². The van der Waals surface area contributed by atoms with E-state index >= 15 is 0 Å². The zero-order chi connectivity index (χ0) is 19.6. The second-order valence-electron chi connectivity index (χ2n) is 6.67.